The molecule has 2 aromatic rings. The number of hydrogen-bond acceptors (Lipinski definition) is 5. The highest BCUT2D eigenvalue weighted by atomic mass is 16.5. The van der Waals surface area contributed by atoms with Gasteiger partial charge in [0.15, 0.2) is 5.69 Å². The maximum Gasteiger partial charge on any atom is 0.356 e. The van der Waals surface area contributed by atoms with Gasteiger partial charge in [0.1, 0.15) is 5.75 Å². The molecule has 3 rings (SSSR count). The number of ether oxygens (including phenoxy) is 1. The number of rotatable bonds is 5. The summed E-state index contributed by atoms with van der Waals surface area (Å²) in [4.78, 5) is 18.3. The number of carboxylic acid groups (broad SMARTS) is 1. The summed E-state index contributed by atoms with van der Waals surface area (Å²) in [5.74, 6) is -0.380. The van der Waals surface area contributed by atoms with E-state index in [-0.39, 0.29) is 17.8 Å². The highest BCUT2D eigenvalue weighted by Gasteiger charge is 2.28. The molecule has 0 bridgehead atoms. The number of hydrogen-bond donors (Lipinski definition) is 2. The molecule has 1 fully saturated rings. The number of pyridine rings is 1. The van der Waals surface area contributed by atoms with Gasteiger partial charge in [0.2, 0.25) is 0 Å². The normalized spacial score (nSPS) is 20.0. The molecule has 2 atom stereocenters. The van der Waals surface area contributed by atoms with Crippen LogP contribution in [-0.2, 0) is 0 Å². The average Bonchev–Trinajstić information content (AvgIpc) is 2.62. The van der Waals surface area contributed by atoms with Crippen LogP contribution >= 0.6 is 0 Å². The third kappa shape index (κ3) is 3.65. The number of carboxylic acids is 1. The molecule has 6 nitrogen and oxygen atoms in total. The number of aliphatic hydroxyl groups is 1. The molecule has 138 valence electrons. The number of piperidine rings is 1. The van der Waals surface area contributed by atoms with Crippen LogP contribution in [0, 0.1) is 0 Å². The van der Waals surface area contributed by atoms with Gasteiger partial charge in [-0.2, -0.15) is 0 Å². The molecular formula is C20H24N2O4. The molecule has 0 radical (unpaired) electrons. The van der Waals surface area contributed by atoms with Crippen LogP contribution in [0.4, 0.5) is 5.69 Å². The van der Waals surface area contributed by atoms with Crippen molar-refractivity contribution in [2.45, 2.75) is 38.8 Å². The van der Waals surface area contributed by atoms with Gasteiger partial charge < -0.3 is 19.8 Å². The van der Waals surface area contributed by atoms with Crippen LogP contribution in [0.5, 0.6) is 5.75 Å². The first kappa shape index (κ1) is 18.2. The summed E-state index contributed by atoms with van der Waals surface area (Å²) in [6.07, 6.45) is 0.909. The zero-order chi connectivity index (χ0) is 18.7. The predicted molar refractivity (Wildman–Crippen MR) is 99.9 cm³/mol. The summed E-state index contributed by atoms with van der Waals surface area (Å²) < 4.78 is 5.64. The Morgan fingerprint density at radius 1 is 1.31 bits per heavy atom. The summed E-state index contributed by atoms with van der Waals surface area (Å²) in [5.41, 5.74) is 1.96. The standard InChI is InChI=1S/C20H24N2O4/c1-3-26-18-7-5-4-6-15(18)16-8-9-17(19(21-16)20(24)25)22-11-10-14(23)12-13(22)2/h4-9,13-14,23H,3,10-12H2,1-2H3,(H,24,25)/t13-,14-/m0/s1. The van der Waals surface area contributed by atoms with Crippen molar-refractivity contribution in [1.82, 2.24) is 4.98 Å². The van der Waals surface area contributed by atoms with Crippen molar-refractivity contribution >= 4 is 11.7 Å². The van der Waals surface area contributed by atoms with Crippen LogP contribution in [0.2, 0.25) is 0 Å². The first-order chi connectivity index (χ1) is 12.5. The van der Waals surface area contributed by atoms with E-state index in [1.165, 1.54) is 0 Å². The minimum absolute atomic E-state index is 0.0250. The molecule has 1 aromatic heterocycles. The molecule has 6 heteroatoms. The van der Waals surface area contributed by atoms with Gasteiger partial charge in [-0.05, 0) is 51.0 Å². The number of carbonyl (C=O) groups is 1. The number of anilines is 1. The Morgan fingerprint density at radius 2 is 2.08 bits per heavy atom. The fourth-order valence-electron chi connectivity index (χ4n) is 3.46. The van der Waals surface area contributed by atoms with Crippen molar-refractivity contribution in [1.29, 1.82) is 0 Å². The highest BCUT2D eigenvalue weighted by molar-refractivity contribution is 5.93. The number of aromatic carboxylic acids is 1. The predicted octanol–water partition coefficient (Wildman–Crippen LogP) is 3.20. The lowest BCUT2D eigenvalue weighted by Gasteiger charge is -2.38. The number of para-hydroxylation sites is 1. The molecule has 0 amide bonds. The van der Waals surface area contributed by atoms with Gasteiger partial charge in [-0.3, -0.25) is 0 Å². The third-order valence-electron chi connectivity index (χ3n) is 4.70. The SMILES string of the molecule is CCOc1ccccc1-c1ccc(N2CC[C@H](O)C[C@@H]2C)c(C(=O)O)n1. The van der Waals surface area contributed by atoms with Crippen LogP contribution in [0.15, 0.2) is 36.4 Å². The molecular weight excluding hydrogens is 332 g/mol. The number of nitrogens with zero attached hydrogens (tertiary/aromatic N) is 2. The Hall–Kier alpha value is -2.60. The van der Waals surface area contributed by atoms with E-state index in [0.29, 0.717) is 43.1 Å². The van der Waals surface area contributed by atoms with Gasteiger partial charge in [-0.15, -0.1) is 0 Å². The van der Waals surface area contributed by atoms with Gasteiger partial charge in [0.05, 0.1) is 24.1 Å². The van der Waals surface area contributed by atoms with Crippen molar-refractivity contribution in [3.05, 3.63) is 42.1 Å². The second-order valence-electron chi connectivity index (χ2n) is 6.52. The zero-order valence-electron chi connectivity index (χ0n) is 15.1. The van der Waals surface area contributed by atoms with E-state index in [9.17, 15) is 15.0 Å². The second-order valence-corrected chi connectivity index (χ2v) is 6.52. The number of aliphatic hydroxyl groups excluding tert-OH is 1. The molecule has 1 aromatic carbocycles. The molecule has 0 aliphatic carbocycles. The van der Waals surface area contributed by atoms with Gasteiger partial charge in [0.25, 0.3) is 0 Å². The topological polar surface area (TPSA) is 82.9 Å². The first-order valence-electron chi connectivity index (χ1n) is 8.92. The summed E-state index contributed by atoms with van der Waals surface area (Å²) in [5, 5.41) is 19.5. The summed E-state index contributed by atoms with van der Waals surface area (Å²) in [6, 6.07) is 11.2. The van der Waals surface area contributed by atoms with E-state index in [2.05, 4.69) is 4.98 Å². The quantitative estimate of drug-likeness (QED) is 0.856. The zero-order valence-corrected chi connectivity index (χ0v) is 15.1. The number of aromatic nitrogens is 1. The molecule has 1 aliphatic heterocycles. The fraction of sp³-hybridized carbons (Fsp3) is 0.400. The van der Waals surface area contributed by atoms with E-state index < -0.39 is 5.97 Å². The van der Waals surface area contributed by atoms with Gasteiger partial charge >= 0.3 is 5.97 Å². The van der Waals surface area contributed by atoms with Crippen molar-refractivity contribution in [3.63, 3.8) is 0 Å². The molecule has 0 spiro atoms. The lowest BCUT2D eigenvalue weighted by Crippen LogP contribution is -2.43. The average molecular weight is 356 g/mol. The van der Waals surface area contributed by atoms with Gasteiger partial charge in [0, 0.05) is 18.2 Å². The Balaban J connectivity index is 2.02. The summed E-state index contributed by atoms with van der Waals surface area (Å²) >= 11 is 0. The lowest BCUT2D eigenvalue weighted by molar-refractivity contribution is 0.0691. The Kier molecular flexibility index (Phi) is 5.42. The lowest BCUT2D eigenvalue weighted by atomic mass is 9.99. The van der Waals surface area contributed by atoms with Crippen LogP contribution < -0.4 is 9.64 Å². The van der Waals surface area contributed by atoms with Crippen molar-refractivity contribution in [2.75, 3.05) is 18.1 Å². The molecule has 2 heterocycles. The molecule has 0 saturated carbocycles. The van der Waals surface area contributed by atoms with Crippen LogP contribution in [0.1, 0.15) is 37.2 Å². The van der Waals surface area contributed by atoms with E-state index in [1.54, 1.807) is 0 Å². The minimum atomic E-state index is -1.06. The van der Waals surface area contributed by atoms with Gasteiger partial charge in [-0.25, -0.2) is 9.78 Å². The highest BCUT2D eigenvalue weighted by Crippen LogP contribution is 2.33. The Morgan fingerprint density at radius 3 is 2.77 bits per heavy atom. The Labute approximate surface area is 153 Å². The van der Waals surface area contributed by atoms with E-state index in [0.717, 1.165) is 5.56 Å². The van der Waals surface area contributed by atoms with Crippen molar-refractivity contribution in [2.24, 2.45) is 0 Å². The molecule has 1 saturated heterocycles. The monoisotopic (exact) mass is 356 g/mol. The third-order valence-corrected chi connectivity index (χ3v) is 4.70. The Bertz CT molecular complexity index is 793. The summed E-state index contributed by atoms with van der Waals surface area (Å²) in [7, 11) is 0. The second kappa shape index (κ2) is 7.74. The van der Waals surface area contributed by atoms with Crippen LogP contribution in [0.25, 0.3) is 11.3 Å². The van der Waals surface area contributed by atoms with E-state index in [1.807, 2.05) is 55.1 Å². The van der Waals surface area contributed by atoms with Crippen LogP contribution in [-0.4, -0.2) is 46.5 Å². The molecule has 1 aliphatic rings. The van der Waals surface area contributed by atoms with E-state index in [4.69, 9.17) is 4.74 Å². The largest absolute Gasteiger partial charge is 0.493 e. The van der Waals surface area contributed by atoms with E-state index >= 15 is 0 Å². The minimum Gasteiger partial charge on any atom is -0.493 e. The maximum absolute atomic E-state index is 11.9. The molecule has 0 unspecified atom stereocenters. The summed E-state index contributed by atoms with van der Waals surface area (Å²) in [6.45, 7) is 5.03. The smallest absolute Gasteiger partial charge is 0.356 e. The van der Waals surface area contributed by atoms with Crippen molar-refractivity contribution in [3.8, 4) is 17.0 Å². The maximum atomic E-state index is 11.9. The van der Waals surface area contributed by atoms with Gasteiger partial charge in [-0.1, -0.05) is 12.1 Å². The first-order valence-corrected chi connectivity index (χ1v) is 8.92. The number of benzene rings is 1. The van der Waals surface area contributed by atoms with Crippen LogP contribution in [0.3, 0.4) is 0 Å². The molecule has 2 N–H and O–H groups in total. The van der Waals surface area contributed by atoms with Crippen molar-refractivity contribution < 1.29 is 19.7 Å². The fourth-order valence-corrected chi connectivity index (χ4v) is 3.46. The molecule has 26 heavy (non-hydrogen) atoms.